The first-order chi connectivity index (χ1) is 6.54. The zero-order valence-corrected chi connectivity index (χ0v) is 9.39. The second-order valence-corrected chi connectivity index (χ2v) is 4.42. The molecule has 0 saturated heterocycles. The van der Waals surface area contributed by atoms with E-state index in [1.165, 1.54) is 0 Å². The van der Waals surface area contributed by atoms with Crippen molar-refractivity contribution >= 4 is 22.9 Å². The number of carbonyl (C=O) groups is 1. The van der Waals surface area contributed by atoms with E-state index in [1.807, 2.05) is 31.4 Å². The van der Waals surface area contributed by atoms with Gasteiger partial charge in [0.15, 0.2) is 0 Å². The summed E-state index contributed by atoms with van der Waals surface area (Å²) in [6, 6.07) is 3.91. The molecule has 0 aliphatic heterocycles. The van der Waals surface area contributed by atoms with Gasteiger partial charge in [-0.1, -0.05) is 19.9 Å². The Morgan fingerprint density at radius 3 is 2.50 bits per heavy atom. The number of hydrogen-bond acceptors (Lipinski definition) is 2. The summed E-state index contributed by atoms with van der Waals surface area (Å²) in [5.41, 5.74) is 1.38. The third-order valence-corrected chi connectivity index (χ3v) is 2.99. The van der Waals surface area contributed by atoms with Gasteiger partial charge in [0.05, 0.1) is 0 Å². The number of hydrogen-bond donors (Lipinski definition) is 1. The maximum Gasteiger partial charge on any atom is 0.331 e. The van der Waals surface area contributed by atoms with Crippen LogP contribution < -0.4 is 0 Å². The predicted octanol–water partition coefficient (Wildman–Crippen LogP) is 3.26. The number of rotatable bonds is 3. The zero-order chi connectivity index (χ0) is 10.7. The Labute approximate surface area is 87.9 Å². The molecule has 1 N–H and O–H groups in total. The Bertz CT molecular complexity index is 347. The molecular weight excluding hydrogens is 196 g/mol. The van der Waals surface area contributed by atoms with Crippen LogP contribution in [0.25, 0.3) is 5.57 Å². The van der Waals surface area contributed by atoms with Crippen molar-refractivity contribution in [3.8, 4) is 0 Å². The molecule has 0 amide bonds. The van der Waals surface area contributed by atoms with E-state index in [0.717, 1.165) is 10.5 Å². The van der Waals surface area contributed by atoms with E-state index in [4.69, 9.17) is 5.11 Å². The van der Waals surface area contributed by atoms with E-state index in [1.54, 1.807) is 18.3 Å². The number of allylic oxidation sites excluding steroid dienone is 1. The molecule has 0 bridgehead atoms. The van der Waals surface area contributed by atoms with Crippen LogP contribution in [0.15, 0.2) is 23.1 Å². The molecule has 1 aromatic rings. The van der Waals surface area contributed by atoms with E-state index in [2.05, 4.69) is 0 Å². The summed E-state index contributed by atoms with van der Waals surface area (Å²) in [7, 11) is 0. The zero-order valence-electron chi connectivity index (χ0n) is 8.57. The van der Waals surface area contributed by atoms with Crippen molar-refractivity contribution in [2.24, 2.45) is 5.92 Å². The monoisotopic (exact) mass is 210 g/mol. The summed E-state index contributed by atoms with van der Waals surface area (Å²) in [4.78, 5) is 11.9. The highest BCUT2D eigenvalue weighted by Gasteiger charge is 2.15. The Kier molecular flexibility index (Phi) is 3.47. The lowest BCUT2D eigenvalue weighted by atomic mass is 9.96. The van der Waals surface area contributed by atoms with E-state index in [9.17, 15) is 4.79 Å². The van der Waals surface area contributed by atoms with Gasteiger partial charge in [-0.15, -0.1) is 11.3 Å². The molecule has 3 heteroatoms. The van der Waals surface area contributed by atoms with Crippen molar-refractivity contribution in [2.75, 3.05) is 0 Å². The molecule has 0 aliphatic rings. The molecule has 1 rings (SSSR count). The summed E-state index contributed by atoms with van der Waals surface area (Å²) < 4.78 is 0. The molecule has 1 aromatic heterocycles. The first-order valence-corrected chi connectivity index (χ1v) is 5.40. The van der Waals surface area contributed by atoms with Crippen LogP contribution in [0.5, 0.6) is 0 Å². The minimum Gasteiger partial charge on any atom is -0.478 e. The number of carboxylic acid groups (broad SMARTS) is 1. The van der Waals surface area contributed by atoms with Crippen molar-refractivity contribution in [1.82, 2.24) is 0 Å². The van der Waals surface area contributed by atoms with Crippen LogP contribution in [-0.2, 0) is 4.79 Å². The molecular formula is C11H14O2S. The van der Waals surface area contributed by atoms with Crippen LogP contribution in [0.3, 0.4) is 0 Å². The Morgan fingerprint density at radius 2 is 2.14 bits per heavy atom. The average molecular weight is 210 g/mol. The maximum atomic E-state index is 10.9. The van der Waals surface area contributed by atoms with Crippen LogP contribution in [-0.4, -0.2) is 11.1 Å². The Morgan fingerprint density at radius 1 is 1.50 bits per heavy atom. The van der Waals surface area contributed by atoms with Gasteiger partial charge in [0, 0.05) is 10.5 Å². The standard InChI is InChI=1S/C11H14O2S/c1-7(2)10(8(3)11(12)13)9-5-4-6-14-9/h4-7H,1-3H3,(H,12,13). The molecule has 0 atom stereocenters. The summed E-state index contributed by atoms with van der Waals surface area (Å²) in [5, 5.41) is 10.9. The van der Waals surface area contributed by atoms with Crippen LogP contribution in [0, 0.1) is 5.92 Å². The minimum absolute atomic E-state index is 0.241. The SMILES string of the molecule is CC(C(=O)O)=C(c1cccs1)C(C)C. The number of carboxylic acids is 1. The quantitative estimate of drug-likeness (QED) is 0.777. The second-order valence-electron chi connectivity index (χ2n) is 3.48. The van der Waals surface area contributed by atoms with Gasteiger partial charge in [0.25, 0.3) is 0 Å². The average Bonchev–Trinajstić information content (AvgIpc) is 2.56. The molecule has 0 spiro atoms. The number of aliphatic carboxylic acids is 1. The lowest BCUT2D eigenvalue weighted by Crippen LogP contribution is -2.04. The summed E-state index contributed by atoms with van der Waals surface area (Å²) in [6.45, 7) is 5.69. The summed E-state index contributed by atoms with van der Waals surface area (Å²) in [5.74, 6) is -0.591. The van der Waals surface area contributed by atoms with Gasteiger partial charge in [-0.3, -0.25) is 0 Å². The van der Waals surface area contributed by atoms with Crippen LogP contribution in [0.4, 0.5) is 0 Å². The topological polar surface area (TPSA) is 37.3 Å². The van der Waals surface area contributed by atoms with E-state index < -0.39 is 5.97 Å². The van der Waals surface area contributed by atoms with Gasteiger partial charge in [0.2, 0.25) is 0 Å². The van der Waals surface area contributed by atoms with Crippen LogP contribution in [0.2, 0.25) is 0 Å². The first kappa shape index (κ1) is 11.0. The number of thiophene rings is 1. The maximum absolute atomic E-state index is 10.9. The van der Waals surface area contributed by atoms with E-state index in [0.29, 0.717) is 5.57 Å². The van der Waals surface area contributed by atoms with Gasteiger partial charge < -0.3 is 5.11 Å². The molecule has 0 fully saturated rings. The van der Waals surface area contributed by atoms with Crippen molar-refractivity contribution in [1.29, 1.82) is 0 Å². The third-order valence-electron chi connectivity index (χ3n) is 2.09. The Balaban J connectivity index is 3.21. The normalized spacial score (nSPS) is 12.9. The van der Waals surface area contributed by atoms with Crippen LogP contribution in [0.1, 0.15) is 25.6 Å². The van der Waals surface area contributed by atoms with E-state index in [-0.39, 0.29) is 5.92 Å². The highest BCUT2D eigenvalue weighted by Crippen LogP contribution is 2.30. The van der Waals surface area contributed by atoms with Crippen molar-refractivity contribution in [3.63, 3.8) is 0 Å². The fraction of sp³-hybridized carbons (Fsp3) is 0.364. The molecule has 2 nitrogen and oxygen atoms in total. The fourth-order valence-electron chi connectivity index (χ4n) is 1.45. The molecule has 0 aliphatic carbocycles. The largest absolute Gasteiger partial charge is 0.478 e. The highest BCUT2D eigenvalue weighted by atomic mass is 32.1. The predicted molar refractivity (Wildman–Crippen MR) is 59.4 cm³/mol. The highest BCUT2D eigenvalue weighted by molar-refractivity contribution is 7.11. The van der Waals surface area contributed by atoms with Gasteiger partial charge in [0.1, 0.15) is 0 Å². The van der Waals surface area contributed by atoms with Gasteiger partial charge >= 0.3 is 5.97 Å². The molecule has 14 heavy (non-hydrogen) atoms. The third kappa shape index (κ3) is 2.23. The van der Waals surface area contributed by atoms with Gasteiger partial charge in [-0.2, -0.15) is 0 Å². The first-order valence-electron chi connectivity index (χ1n) is 4.52. The molecule has 76 valence electrons. The van der Waals surface area contributed by atoms with Crippen LogP contribution >= 0.6 is 11.3 Å². The Hall–Kier alpha value is -1.09. The van der Waals surface area contributed by atoms with Crippen molar-refractivity contribution < 1.29 is 9.90 Å². The lowest BCUT2D eigenvalue weighted by Gasteiger charge is -2.11. The fourth-order valence-corrected chi connectivity index (χ4v) is 2.43. The smallest absolute Gasteiger partial charge is 0.331 e. The van der Waals surface area contributed by atoms with Gasteiger partial charge in [-0.05, 0) is 29.9 Å². The summed E-state index contributed by atoms with van der Waals surface area (Å²) in [6.07, 6.45) is 0. The molecule has 1 heterocycles. The van der Waals surface area contributed by atoms with Crippen molar-refractivity contribution in [2.45, 2.75) is 20.8 Å². The molecule has 0 unspecified atom stereocenters. The molecule has 0 aromatic carbocycles. The van der Waals surface area contributed by atoms with Gasteiger partial charge in [-0.25, -0.2) is 4.79 Å². The summed E-state index contributed by atoms with van der Waals surface area (Å²) >= 11 is 1.58. The van der Waals surface area contributed by atoms with E-state index >= 15 is 0 Å². The second kappa shape index (κ2) is 4.42. The molecule has 0 saturated carbocycles. The minimum atomic E-state index is -0.831. The molecule has 0 radical (unpaired) electrons. The van der Waals surface area contributed by atoms with Crippen molar-refractivity contribution in [3.05, 3.63) is 28.0 Å². The lowest BCUT2D eigenvalue weighted by molar-refractivity contribution is -0.132.